The van der Waals surface area contributed by atoms with Crippen molar-refractivity contribution in [1.29, 1.82) is 0 Å². The zero-order valence-corrected chi connectivity index (χ0v) is 16.2. The largest absolute Gasteiger partial charge is 0.357 e. The number of likely N-dealkylation sites (tertiary alicyclic amines) is 1. The summed E-state index contributed by atoms with van der Waals surface area (Å²) in [5.74, 6) is 2.31. The molecule has 2 aromatic rings. The Balaban J connectivity index is 1.60. The van der Waals surface area contributed by atoms with Gasteiger partial charge in [0.15, 0.2) is 5.96 Å². The number of benzene rings is 1. The van der Waals surface area contributed by atoms with Gasteiger partial charge in [-0.05, 0) is 42.7 Å². The molecule has 1 aromatic carbocycles. The fraction of sp³-hybridized carbons (Fsp3) is 0.524. The predicted molar refractivity (Wildman–Crippen MR) is 107 cm³/mol. The van der Waals surface area contributed by atoms with E-state index in [9.17, 15) is 0 Å². The minimum absolute atomic E-state index is 0.619. The van der Waals surface area contributed by atoms with Crippen LogP contribution in [0.4, 0.5) is 0 Å². The van der Waals surface area contributed by atoms with E-state index in [1.165, 1.54) is 17.5 Å². The molecule has 1 N–H and O–H groups in total. The van der Waals surface area contributed by atoms with Crippen molar-refractivity contribution in [3.05, 3.63) is 53.9 Å². The highest BCUT2D eigenvalue weighted by Gasteiger charge is 2.28. The average molecular weight is 354 g/mol. The van der Waals surface area contributed by atoms with Crippen molar-refractivity contribution < 1.29 is 0 Å². The third-order valence-electron chi connectivity index (χ3n) is 5.19. The van der Waals surface area contributed by atoms with Gasteiger partial charge in [-0.3, -0.25) is 9.67 Å². The first kappa shape index (κ1) is 18.5. The molecule has 0 bridgehead atoms. The second-order valence-corrected chi connectivity index (χ2v) is 7.24. The molecule has 3 rings (SSSR count). The van der Waals surface area contributed by atoms with Gasteiger partial charge in [0.25, 0.3) is 0 Å². The molecule has 0 radical (unpaired) electrons. The number of nitrogens with zero attached hydrogens (tertiary/aromatic N) is 4. The van der Waals surface area contributed by atoms with Crippen LogP contribution in [0.2, 0.25) is 0 Å². The molecule has 5 nitrogen and oxygen atoms in total. The molecule has 1 fully saturated rings. The fourth-order valence-corrected chi connectivity index (χ4v) is 3.85. The molecule has 1 saturated heterocycles. The molecular weight excluding hydrogens is 322 g/mol. The highest BCUT2D eigenvalue weighted by atomic mass is 15.3. The third-order valence-corrected chi connectivity index (χ3v) is 5.19. The van der Waals surface area contributed by atoms with Crippen LogP contribution >= 0.6 is 0 Å². The Morgan fingerprint density at radius 2 is 2.12 bits per heavy atom. The number of aliphatic imine (C=N–C) groups is 1. The zero-order chi connectivity index (χ0) is 18.4. The van der Waals surface area contributed by atoms with E-state index in [0.29, 0.717) is 11.8 Å². The zero-order valence-electron chi connectivity index (χ0n) is 16.2. The van der Waals surface area contributed by atoms with Crippen LogP contribution in [0.5, 0.6) is 0 Å². The molecular formula is C21H31N5. The summed E-state index contributed by atoms with van der Waals surface area (Å²) in [6.07, 6.45) is 6.10. The van der Waals surface area contributed by atoms with E-state index in [1.54, 1.807) is 0 Å². The molecule has 1 aliphatic rings. The van der Waals surface area contributed by atoms with Gasteiger partial charge in [0.2, 0.25) is 0 Å². The van der Waals surface area contributed by atoms with Crippen molar-refractivity contribution in [2.24, 2.45) is 18.0 Å². The lowest BCUT2D eigenvalue weighted by Crippen LogP contribution is -2.48. The Labute approximate surface area is 157 Å². The minimum atomic E-state index is 0.619. The summed E-state index contributed by atoms with van der Waals surface area (Å²) in [6.45, 7) is 8.31. The highest BCUT2D eigenvalue weighted by molar-refractivity contribution is 5.80. The SMILES string of the molecule is CCNC(=NCCc1cnn(C)c1)N1CCC(c2ccccc2)C(C)C1. The molecule has 2 atom stereocenters. The van der Waals surface area contributed by atoms with Crippen molar-refractivity contribution in [3.8, 4) is 0 Å². The molecule has 0 spiro atoms. The molecule has 0 saturated carbocycles. The number of hydrogen-bond donors (Lipinski definition) is 1. The van der Waals surface area contributed by atoms with E-state index in [1.807, 2.05) is 17.9 Å². The van der Waals surface area contributed by atoms with Crippen molar-refractivity contribution in [3.63, 3.8) is 0 Å². The molecule has 1 aromatic heterocycles. The Hall–Kier alpha value is -2.30. The Bertz CT molecular complexity index is 706. The molecule has 140 valence electrons. The quantitative estimate of drug-likeness (QED) is 0.664. The van der Waals surface area contributed by atoms with Gasteiger partial charge in [-0.1, -0.05) is 37.3 Å². The van der Waals surface area contributed by atoms with Crippen LogP contribution in [0, 0.1) is 5.92 Å². The maximum absolute atomic E-state index is 4.87. The minimum Gasteiger partial charge on any atom is -0.357 e. The van der Waals surface area contributed by atoms with E-state index in [4.69, 9.17) is 4.99 Å². The van der Waals surface area contributed by atoms with Crippen LogP contribution in [0.1, 0.15) is 37.3 Å². The van der Waals surface area contributed by atoms with Gasteiger partial charge in [-0.15, -0.1) is 0 Å². The van der Waals surface area contributed by atoms with E-state index in [0.717, 1.165) is 38.6 Å². The number of aromatic nitrogens is 2. The number of aryl methyl sites for hydroxylation is 1. The van der Waals surface area contributed by atoms with Gasteiger partial charge in [0, 0.05) is 39.4 Å². The molecule has 0 aliphatic carbocycles. The van der Waals surface area contributed by atoms with Crippen LogP contribution in [0.3, 0.4) is 0 Å². The van der Waals surface area contributed by atoms with Crippen molar-refractivity contribution >= 4 is 5.96 Å². The first-order chi connectivity index (χ1) is 12.7. The summed E-state index contributed by atoms with van der Waals surface area (Å²) in [6, 6.07) is 10.9. The lowest BCUT2D eigenvalue weighted by atomic mass is 9.82. The summed E-state index contributed by atoms with van der Waals surface area (Å²) < 4.78 is 1.85. The maximum atomic E-state index is 4.87. The predicted octanol–water partition coefficient (Wildman–Crippen LogP) is 3.05. The average Bonchev–Trinajstić information content (AvgIpc) is 3.07. The van der Waals surface area contributed by atoms with Crippen molar-refractivity contribution in [1.82, 2.24) is 20.0 Å². The van der Waals surface area contributed by atoms with Crippen molar-refractivity contribution in [2.45, 2.75) is 32.6 Å². The number of nitrogens with one attached hydrogen (secondary N) is 1. The second-order valence-electron chi connectivity index (χ2n) is 7.24. The molecule has 0 amide bonds. The van der Waals surface area contributed by atoms with Gasteiger partial charge in [-0.2, -0.15) is 5.10 Å². The fourth-order valence-electron chi connectivity index (χ4n) is 3.85. The van der Waals surface area contributed by atoms with Gasteiger partial charge < -0.3 is 10.2 Å². The van der Waals surface area contributed by atoms with E-state index in [2.05, 4.69) is 65.7 Å². The maximum Gasteiger partial charge on any atom is 0.193 e. The van der Waals surface area contributed by atoms with Crippen LogP contribution in [0.15, 0.2) is 47.7 Å². The summed E-state index contributed by atoms with van der Waals surface area (Å²) >= 11 is 0. The summed E-state index contributed by atoms with van der Waals surface area (Å²) in [5.41, 5.74) is 2.71. The molecule has 1 aliphatic heterocycles. The number of rotatable bonds is 5. The Morgan fingerprint density at radius 3 is 2.77 bits per heavy atom. The lowest BCUT2D eigenvalue weighted by molar-refractivity contribution is 0.234. The Kier molecular flexibility index (Phi) is 6.31. The van der Waals surface area contributed by atoms with Crippen LogP contribution < -0.4 is 5.32 Å². The third kappa shape index (κ3) is 4.65. The summed E-state index contributed by atoms with van der Waals surface area (Å²) in [7, 11) is 1.95. The van der Waals surface area contributed by atoms with E-state index >= 15 is 0 Å². The van der Waals surface area contributed by atoms with Crippen molar-refractivity contribution in [2.75, 3.05) is 26.2 Å². The van der Waals surface area contributed by atoms with Crippen LogP contribution in [0.25, 0.3) is 0 Å². The molecule has 2 heterocycles. The smallest absolute Gasteiger partial charge is 0.193 e. The van der Waals surface area contributed by atoms with E-state index in [-0.39, 0.29) is 0 Å². The lowest BCUT2D eigenvalue weighted by Gasteiger charge is -2.39. The summed E-state index contributed by atoms with van der Waals surface area (Å²) in [4.78, 5) is 7.30. The van der Waals surface area contributed by atoms with Crippen LogP contribution in [-0.2, 0) is 13.5 Å². The standard InChI is InChI=1S/C21H31N5/c1-4-22-21(23-12-10-18-14-24-25(3)16-18)26-13-11-20(17(2)15-26)19-8-6-5-7-9-19/h5-9,14,16-17,20H,4,10-13,15H2,1-3H3,(H,22,23). The first-order valence-corrected chi connectivity index (χ1v) is 9.73. The van der Waals surface area contributed by atoms with Crippen LogP contribution in [-0.4, -0.2) is 46.8 Å². The number of piperidine rings is 1. The Morgan fingerprint density at radius 1 is 1.31 bits per heavy atom. The molecule has 26 heavy (non-hydrogen) atoms. The van der Waals surface area contributed by atoms with Gasteiger partial charge in [-0.25, -0.2) is 0 Å². The second kappa shape index (κ2) is 8.88. The monoisotopic (exact) mass is 353 g/mol. The highest BCUT2D eigenvalue weighted by Crippen LogP contribution is 2.32. The van der Waals surface area contributed by atoms with Gasteiger partial charge in [0.1, 0.15) is 0 Å². The first-order valence-electron chi connectivity index (χ1n) is 9.73. The van der Waals surface area contributed by atoms with Gasteiger partial charge in [0.05, 0.1) is 6.20 Å². The van der Waals surface area contributed by atoms with E-state index < -0.39 is 0 Å². The molecule has 5 heteroatoms. The summed E-state index contributed by atoms with van der Waals surface area (Å²) in [5, 5.41) is 7.70. The molecule has 2 unspecified atom stereocenters. The number of guanidine groups is 1. The van der Waals surface area contributed by atoms with Gasteiger partial charge >= 0.3 is 0 Å². The normalized spacial score (nSPS) is 21.0. The number of hydrogen-bond acceptors (Lipinski definition) is 2. The topological polar surface area (TPSA) is 45.5 Å².